The summed E-state index contributed by atoms with van der Waals surface area (Å²) in [7, 11) is 1.18. The Bertz CT molecular complexity index is 418. The predicted molar refractivity (Wildman–Crippen MR) is 85.0 cm³/mol. The van der Waals surface area contributed by atoms with E-state index in [9.17, 15) is 19.2 Å². The Labute approximate surface area is 139 Å². The van der Waals surface area contributed by atoms with Gasteiger partial charge in [0.05, 0.1) is 7.11 Å². The number of esters is 1. The first kappa shape index (κ1) is 20.6. The van der Waals surface area contributed by atoms with Crippen molar-refractivity contribution in [1.29, 1.82) is 0 Å². The number of hydrogen-bond acceptors (Lipinski definition) is 7. The monoisotopic (exact) mass is 352 g/mol. The van der Waals surface area contributed by atoms with E-state index in [0.717, 1.165) is 0 Å². The lowest BCUT2D eigenvalue weighted by atomic mass is 10.1. The van der Waals surface area contributed by atoms with Crippen molar-refractivity contribution in [3.8, 4) is 0 Å². The van der Waals surface area contributed by atoms with E-state index in [-0.39, 0.29) is 24.6 Å². The first-order valence-corrected chi connectivity index (χ1v) is 7.73. The average molecular weight is 352 g/mol. The summed E-state index contributed by atoms with van der Waals surface area (Å²) in [5, 5.41) is 13.7. The molecule has 0 radical (unpaired) electrons. The zero-order valence-corrected chi connectivity index (χ0v) is 13.9. The molecule has 0 fully saturated rings. The third kappa shape index (κ3) is 7.03. The summed E-state index contributed by atoms with van der Waals surface area (Å²) in [6.45, 7) is 0.416. The third-order valence-electron chi connectivity index (χ3n) is 2.73. The van der Waals surface area contributed by atoms with Crippen LogP contribution in [0.1, 0.15) is 6.42 Å². The fourth-order valence-electron chi connectivity index (χ4n) is 1.44. The van der Waals surface area contributed by atoms with Gasteiger partial charge in [-0.2, -0.15) is 25.3 Å². The standard InChI is InChI=1S/C12H20N2O6S2/c1-20-12(19)8(6-22)10(16)14-4-2-3-13-9(15)7(5-21)11(17)18/h7-8,21-22H,2-6H2,1H3,(H,13,15)(H,14,16)(H,17,18). The molecule has 2 amide bonds. The Morgan fingerprint density at radius 3 is 1.82 bits per heavy atom. The summed E-state index contributed by atoms with van der Waals surface area (Å²) >= 11 is 7.71. The minimum atomic E-state index is -1.24. The highest BCUT2D eigenvalue weighted by molar-refractivity contribution is 7.80. The van der Waals surface area contributed by atoms with Crippen LogP contribution >= 0.6 is 25.3 Å². The number of aliphatic carboxylic acids is 1. The number of carboxylic acid groups (broad SMARTS) is 1. The molecule has 8 nitrogen and oxygen atoms in total. The molecule has 0 aromatic carbocycles. The maximum absolute atomic E-state index is 11.7. The van der Waals surface area contributed by atoms with Gasteiger partial charge in [0.1, 0.15) is 11.8 Å². The van der Waals surface area contributed by atoms with Gasteiger partial charge in [-0.05, 0) is 6.42 Å². The molecule has 0 aromatic heterocycles. The van der Waals surface area contributed by atoms with Gasteiger partial charge in [-0.15, -0.1) is 0 Å². The van der Waals surface area contributed by atoms with Gasteiger partial charge in [0, 0.05) is 24.6 Å². The van der Waals surface area contributed by atoms with Crippen molar-refractivity contribution in [2.45, 2.75) is 6.42 Å². The van der Waals surface area contributed by atoms with E-state index in [1.807, 2.05) is 0 Å². The first-order valence-electron chi connectivity index (χ1n) is 6.46. The number of hydrogen-bond donors (Lipinski definition) is 5. The molecular weight excluding hydrogens is 332 g/mol. The summed E-state index contributed by atoms with van der Waals surface area (Å²) in [6.07, 6.45) is 0.386. The smallest absolute Gasteiger partial charge is 0.319 e. The van der Waals surface area contributed by atoms with Crippen LogP contribution in [0.25, 0.3) is 0 Å². The van der Waals surface area contributed by atoms with Crippen LogP contribution in [0.15, 0.2) is 0 Å². The van der Waals surface area contributed by atoms with Crippen LogP contribution in [0.5, 0.6) is 0 Å². The predicted octanol–water partition coefficient (Wildman–Crippen LogP) is -1.04. The average Bonchev–Trinajstić information content (AvgIpc) is 2.47. The number of carbonyl (C=O) groups is 4. The van der Waals surface area contributed by atoms with Crippen LogP contribution in [0.3, 0.4) is 0 Å². The summed E-state index contributed by atoms with van der Waals surface area (Å²) < 4.78 is 4.48. The van der Waals surface area contributed by atoms with Gasteiger partial charge in [0.15, 0.2) is 0 Å². The largest absolute Gasteiger partial charge is 0.481 e. The highest BCUT2D eigenvalue weighted by Gasteiger charge is 2.26. The van der Waals surface area contributed by atoms with E-state index in [1.165, 1.54) is 7.11 Å². The molecule has 22 heavy (non-hydrogen) atoms. The molecule has 0 bridgehead atoms. The lowest BCUT2D eigenvalue weighted by molar-refractivity contribution is -0.149. The van der Waals surface area contributed by atoms with E-state index in [4.69, 9.17) is 5.11 Å². The summed E-state index contributed by atoms with van der Waals surface area (Å²) in [4.78, 5) is 45.2. The van der Waals surface area contributed by atoms with E-state index in [0.29, 0.717) is 6.42 Å². The Hall–Kier alpha value is -1.42. The molecule has 0 heterocycles. The molecule has 0 aliphatic rings. The quantitative estimate of drug-likeness (QED) is 0.148. The van der Waals surface area contributed by atoms with Gasteiger partial charge < -0.3 is 20.5 Å². The molecule has 0 aromatic rings. The van der Waals surface area contributed by atoms with Gasteiger partial charge in [0.2, 0.25) is 11.8 Å². The number of amides is 2. The number of nitrogens with one attached hydrogen (secondary N) is 2. The Morgan fingerprint density at radius 1 is 1.00 bits per heavy atom. The van der Waals surface area contributed by atoms with Gasteiger partial charge in [-0.3, -0.25) is 19.2 Å². The van der Waals surface area contributed by atoms with Gasteiger partial charge in [-0.1, -0.05) is 0 Å². The van der Waals surface area contributed by atoms with Crippen molar-refractivity contribution in [2.24, 2.45) is 11.8 Å². The zero-order valence-electron chi connectivity index (χ0n) is 12.1. The lowest BCUT2D eigenvalue weighted by Crippen LogP contribution is -2.40. The fourth-order valence-corrected chi connectivity index (χ4v) is 2.07. The van der Waals surface area contributed by atoms with E-state index in [2.05, 4.69) is 40.6 Å². The number of carbonyl (C=O) groups excluding carboxylic acids is 3. The highest BCUT2D eigenvalue weighted by atomic mass is 32.1. The number of methoxy groups -OCH3 is 1. The molecule has 2 atom stereocenters. The molecule has 0 saturated heterocycles. The summed E-state index contributed by atoms with van der Waals surface area (Å²) in [6, 6.07) is 0. The highest BCUT2D eigenvalue weighted by Crippen LogP contribution is 2.02. The molecule has 0 saturated carbocycles. The van der Waals surface area contributed by atoms with Crippen LogP contribution in [0.4, 0.5) is 0 Å². The minimum Gasteiger partial charge on any atom is -0.481 e. The van der Waals surface area contributed by atoms with Crippen LogP contribution in [0.2, 0.25) is 0 Å². The normalized spacial score (nSPS) is 12.9. The van der Waals surface area contributed by atoms with Crippen LogP contribution in [-0.4, -0.2) is 60.6 Å². The van der Waals surface area contributed by atoms with Crippen LogP contribution < -0.4 is 10.6 Å². The molecule has 10 heteroatoms. The number of rotatable bonds is 10. The molecule has 3 N–H and O–H groups in total. The minimum absolute atomic E-state index is 0.0253. The van der Waals surface area contributed by atoms with Gasteiger partial charge in [0.25, 0.3) is 0 Å². The van der Waals surface area contributed by atoms with Crippen molar-refractivity contribution >= 4 is 49.0 Å². The van der Waals surface area contributed by atoms with Gasteiger partial charge >= 0.3 is 11.9 Å². The maximum Gasteiger partial charge on any atom is 0.319 e. The first-order chi connectivity index (χ1) is 10.4. The van der Waals surface area contributed by atoms with E-state index >= 15 is 0 Å². The van der Waals surface area contributed by atoms with Crippen molar-refractivity contribution < 1.29 is 29.0 Å². The molecule has 0 aliphatic carbocycles. The Morgan fingerprint density at radius 2 is 1.45 bits per heavy atom. The molecule has 0 aliphatic heterocycles. The molecular formula is C12H20N2O6S2. The third-order valence-corrected chi connectivity index (χ3v) is 3.46. The lowest BCUT2D eigenvalue weighted by Gasteiger charge is -2.13. The number of thiol groups is 2. The SMILES string of the molecule is COC(=O)C(CS)C(=O)NCCCNC(=O)C(CS)C(=O)O. The van der Waals surface area contributed by atoms with Crippen LogP contribution in [-0.2, 0) is 23.9 Å². The molecule has 0 spiro atoms. The van der Waals surface area contributed by atoms with Crippen molar-refractivity contribution in [2.75, 3.05) is 31.7 Å². The van der Waals surface area contributed by atoms with Crippen LogP contribution in [0, 0.1) is 11.8 Å². The van der Waals surface area contributed by atoms with Crippen molar-refractivity contribution in [3.63, 3.8) is 0 Å². The Kier molecular flexibility index (Phi) is 10.5. The van der Waals surface area contributed by atoms with E-state index in [1.54, 1.807) is 0 Å². The topological polar surface area (TPSA) is 122 Å². The fraction of sp³-hybridized carbons (Fsp3) is 0.667. The van der Waals surface area contributed by atoms with Crippen molar-refractivity contribution in [1.82, 2.24) is 10.6 Å². The summed E-state index contributed by atoms with van der Waals surface area (Å²) in [5.74, 6) is -5.30. The van der Waals surface area contributed by atoms with Crippen molar-refractivity contribution in [3.05, 3.63) is 0 Å². The molecule has 126 valence electrons. The number of carboxylic acids is 1. The maximum atomic E-state index is 11.7. The zero-order chi connectivity index (χ0) is 17.1. The second-order valence-corrected chi connectivity index (χ2v) is 5.00. The molecule has 0 rings (SSSR count). The Balaban J connectivity index is 4.03. The molecule has 2 unspecified atom stereocenters. The summed E-state index contributed by atoms with van der Waals surface area (Å²) in [5.41, 5.74) is 0. The second-order valence-electron chi connectivity index (χ2n) is 4.27. The number of ether oxygens (including phenoxy) is 1. The van der Waals surface area contributed by atoms with Gasteiger partial charge in [-0.25, -0.2) is 0 Å². The second kappa shape index (κ2) is 11.2. The van der Waals surface area contributed by atoms with E-state index < -0.39 is 35.6 Å².